The van der Waals surface area contributed by atoms with Crippen LogP contribution in [0, 0.1) is 0 Å². The maximum Gasteiger partial charge on any atom is 0.184 e. The predicted octanol–water partition coefficient (Wildman–Crippen LogP) is -0.00370. The van der Waals surface area contributed by atoms with Crippen LogP contribution in [0.25, 0.3) is 0 Å². The number of aliphatic hydroxyl groups excluding tert-OH is 1. The minimum atomic E-state index is -0.0754. The van der Waals surface area contributed by atoms with Crippen molar-refractivity contribution in [1.82, 2.24) is 30.2 Å². The molecule has 9 nitrogen and oxygen atoms in total. The van der Waals surface area contributed by atoms with Crippen LogP contribution >= 0.6 is 0 Å². The molecule has 2 aromatic rings. The van der Waals surface area contributed by atoms with Gasteiger partial charge in [0.25, 0.3) is 0 Å². The molecule has 0 saturated heterocycles. The summed E-state index contributed by atoms with van der Waals surface area (Å²) < 4.78 is 0. The summed E-state index contributed by atoms with van der Waals surface area (Å²) in [6, 6.07) is 0. The van der Waals surface area contributed by atoms with E-state index in [0.717, 1.165) is 0 Å². The van der Waals surface area contributed by atoms with E-state index in [4.69, 9.17) is 0 Å². The Morgan fingerprint density at radius 3 is 2.04 bits per heavy atom. The van der Waals surface area contributed by atoms with Gasteiger partial charge in [0.1, 0.15) is 11.4 Å². The molecule has 144 valence electrons. The zero-order chi connectivity index (χ0) is 19.3. The van der Waals surface area contributed by atoms with E-state index in [1.54, 1.807) is 0 Å². The van der Waals surface area contributed by atoms with Gasteiger partial charge in [-0.1, -0.05) is 0 Å². The lowest BCUT2D eigenvalue weighted by Crippen LogP contribution is -2.36. The molecular weight excluding hydrogens is 348 g/mol. The van der Waals surface area contributed by atoms with Crippen LogP contribution in [-0.4, -0.2) is 80.8 Å². The van der Waals surface area contributed by atoms with Crippen LogP contribution in [0.5, 0.6) is 0 Å². The lowest BCUT2D eigenvalue weighted by Gasteiger charge is -2.21. The molecule has 0 aliphatic rings. The second kappa shape index (κ2) is 11.9. The third-order valence-electron chi connectivity index (χ3n) is 3.90. The fourth-order valence-electron chi connectivity index (χ4n) is 2.44. The number of carbonyl (C=O) groups is 2. The molecule has 0 radical (unpaired) electrons. The smallest absolute Gasteiger partial charge is 0.184 e. The van der Waals surface area contributed by atoms with Gasteiger partial charge in [0.2, 0.25) is 0 Å². The zero-order valence-electron chi connectivity index (χ0n) is 15.1. The Morgan fingerprint density at radius 1 is 0.852 bits per heavy atom. The number of carbonyl (C=O) groups excluding carboxylic acids is 2. The van der Waals surface area contributed by atoms with Crippen molar-refractivity contribution in [2.75, 3.05) is 39.3 Å². The third kappa shape index (κ3) is 7.65. The summed E-state index contributed by atoms with van der Waals surface area (Å²) in [5.41, 5.74) is 0.714. The molecule has 9 heteroatoms. The van der Waals surface area contributed by atoms with Crippen molar-refractivity contribution >= 4 is 11.6 Å². The van der Waals surface area contributed by atoms with Gasteiger partial charge in [0.05, 0.1) is 19.0 Å². The summed E-state index contributed by atoms with van der Waals surface area (Å²) in [7, 11) is 0. The van der Waals surface area contributed by atoms with Gasteiger partial charge in [-0.2, -0.15) is 0 Å². The molecule has 2 heterocycles. The Labute approximate surface area is 157 Å². The Hall–Kier alpha value is -2.62. The van der Waals surface area contributed by atoms with Crippen LogP contribution in [0.1, 0.15) is 33.8 Å². The number of ketones is 2. The van der Waals surface area contributed by atoms with E-state index in [-0.39, 0.29) is 18.2 Å². The third-order valence-corrected chi connectivity index (χ3v) is 3.90. The fraction of sp³-hybridized carbons (Fsp3) is 0.444. The lowest BCUT2D eigenvalue weighted by atomic mass is 10.2. The second-order valence-corrected chi connectivity index (χ2v) is 5.84. The minimum absolute atomic E-state index is 0.0183. The molecule has 0 unspecified atom stereocenters. The highest BCUT2D eigenvalue weighted by Crippen LogP contribution is 2.00. The first kappa shape index (κ1) is 20.7. The monoisotopic (exact) mass is 372 g/mol. The van der Waals surface area contributed by atoms with E-state index in [1.807, 2.05) is 4.90 Å². The summed E-state index contributed by atoms with van der Waals surface area (Å²) in [5.74, 6) is -0.133. The Morgan fingerprint density at radius 2 is 1.48 bits per heavy atom. The van der Waals surface area contributed by atoms with E-state index in [9.17, 15) is 14.7 Å². The Bertz CT molecular complexity index is 699. The summed E-state index contributed by atoms with van der Waals surface area (Å²) in [4.78, 5) is 41.7. The summed E-state index contributed by atoms with van der Waals surface area (Å²) in [6.07, 6.45) is 9.60. The SMILES string of the molecule is O=C(CCNCCN(CCO)CCC(=O)c1cnccn1)c1cnccn1. The molecule has 0 aliphatic heterocycles. The number of aliphatic hydroxyl groups is 1. The van der Waals surface area contributed by atoms with Crippen molar-refractivity contribution in [1.29, 1.82) is 0 Å². The van der Waals surface area contributed by atoms with E-state index in [0.29, 0.717) is 57.0 Å². The molecule has 2 rings (SSSR count). The standard InChI is InChI=1S/C18H24N6O3/c25-12-11-24(9-2-18(27)16-14-21-5-7-23-16)10-8-19-3-1-17(26)15-13-20-4-6-22-15/h4-7,13-14,19,25H,1-3,8-12H2. The van der Waals surface area contributed by atoms with Crippen molar-refractivity contribution in [3.8, 4) is 0 Å². The molecule has 0 aliphatic carbocycles. The van der Waals surface area contributed by atoms with Gasteiger partial charge in [-0.05, 0) is 0 Å². The number of nitrogens with zero attached hydrogens (tertiary/aromatic N) is 5. The average Bonchev–Trinajstić information content (AvgIpc) is 2.72. The molecule has 27 heavy (non-hydrogen) atoms. The van der Waals surface area contributed by atoms with Crippen molar-refractivity contribution in [2.45, 2.75) is 12.8 Å². The highest BCUT2D eigenvalue weighted by Gasteiger charge is 2.11. The number of nitrogens with one attached hydrogen (secondary N) is 1. The summed E-state index contributed by atoms with van der Waals surface area (Å²) in [6.45, 7) is 2.86. The molecule has 0 bridgehead atoms. The van der Waals surface area contributed by atoms with E-state index >= 15 is 0 Å². The maximum absolute atomic E-state index is 12.1. The van der Waals surface area contributed by atoms with Crippen LogP contribution in [0.15, 0.2) is 37.2 Å². The normalized spacial score (nSPS) is 10.9. The molecule has 0 saturated carbocycles. The first-order valence-electron chi connectivity index (χ1n) is 8.83. The van der Waals surface area contributed by atoms with Gasteiger partial charge in [-0.15, -0.1) is 0 Å². The van der Waals surface area contributed by atoms with Crippen LogP contribution in [0.3, 0.4) is 0 Å². The second-order valence-electron chi connectivity index (χ2n) is 5.84. The molecule has 0 fully saturated rings. The molecule has 0 aromatic carbocycles. The molecular formula is C18H24N6O3. The first-order valence-corrected chi connectivity index (χ1v) is 8.83. The van der Waals surface area contributed by atoms with Crippen LogP contribution in [0.4, 0.5) is 0 Å². The van der Waals surface area contributed by atoms with Crippen molar-refractivity contribution < 1.29 is 14.7 Å². The minimum Gasteiger partial charge on any atom is -0.395 e. The van der Waals surface area contributed by atoms with Crippen LogP contribution < -0.4 is 5.32 Å². The number of Topliss-reactive ketones (excluding diaryl/α,β-unsaturated/α-hetero) is 2. The van der Waals surface area contributed by atoms with Gasteiger partial charge in [-0.25, -0.2) is 9.97 Å². The number of hydrogen-bond donors (Lipinski definition) is 2. The quantitative estimate of drug-likeness (QED) is 0.369. The molecule has 0 amide bonds. The summed E-state index contributed by atoms with van der Waals surface area (Å²) >= 11 is 0. The number of hydrogen-bond acceptors (Lipinski definition) is 9. The molecule has 2 N–H and O–H groups in total. The largest absolute Gasteiger partial charge is 0.395 e. The average molecular weight is 372 g/mol. The molecule has 0 atom stereocenters. The van der Waals surface area contributed by atoms with Crippen LogP contribution in [0.2, 0.25) is 0 Å². The summed E-state index contributed by atoms with van der Waals surface area (Å²) in [5, 5.41) is 12.4. The Kier molecular flexibility index (Phi) is 9.11. The maximum atomic E-state index is 12.1. The number of rotatable bonds is 13. The predicted molar refractivity (Wildman–Crippen MR) is 98.4 cm³/mol. The highest BCUT2D eigenvalue weighted by atomic mass is 16.3. The Balaban J connectivity index is 1.65. The van der Waals surface area contributed by atoms with Crippen molar-refractivity contribution in [2.24, 2.45) is 0 Å². The molecule has 0 spiro atoms. The van der Waals surface area contributed by atoms with Crippen molar-refractivity contribution in [3.05, 3.63) is 48.6 Å². The first-order chi connectivity index (χ1) is 13.2. The van der Waals surface area contributed by atoms with Gasteiger partial charge in [0, 0.05) is 70.4 Å². The van der Waals surface area contributed by atoms with Crippen molar-refractivity contribution in [3.63, 3.8) is 0 Å². The van der Waals surface area contributed by atoms with Gasteiger partial charge < -0.3 is 10.4 Å². The van der Waals surface area contributed by atoms with E-state index in [1.165, 1.54) is 37.2 Å². The van der Waals surface area contributed by atoms with Gasteiger partial charge in [0.15, 0.2) is 11.6 Å². The topological polar surface area (TPSA) is 121 Å². The van der Waals surface area contributed by atoms with E-state index < -0.39 is 0 Å². The fourth-order valence-corrected chi connectivity index (χ4v) is 2.44. The van der Waals surface area contributed by atoms with Gasteiger partial charge in [-0.3, -0.25) is 24.5 Å². The molecule has 2 aromatic heterocycles. The number of aromatic nitrogens is 4. The van der Waals surface area contributed by atoms with E-state index in [2.05, 4.69) is 25.3 Å². The zero-order valence-corrected chi connectivity index (χ0v) is 15.1. The van der Waals surface area contributed by atoms with Gasteiger partial charge >= 0.3 is 0 Å². The lowest BCUT2D eigenvalue weighted by molar-refractivity contribution is 0.0947. The van der Waals surface area contributed by atoms with Crippen LogP contribution in [-0.2, 0) is 0 Å². The highest BCUT2D eigenvalue weighted by molar-refractivity contribution is 5.94.